The minimum atomic E-state index is 0.0256. The van der Waals surface area contributed by atoms with E-state index in [1.165, 1.54) is 15.9 Å². The number of carbonyl (C=O) groups excluding carboxylic acids is 1. The van der Waals surface area contributed by atoms with Gasteiger partial charge < -0.3 is 5.32 Å². The highest BCUT2D eigenvalue weighted by Crippen LogP contribution is 2.17. The van der Waals surface area contributed by atoms with E-state index in [0.717, 1.165) is 13.1 Å². The fraction of sp³-hybridized carbons (Fsp3) is 0.333. The second kappa shape index (κ2) is 4.30. The molecule has 1 aliphatic rings. The fourth-order valence-corrected chi connectivity index (χ4v) is 2.11. The number of tetrazole rings is 1. The van der Waals surface area contributed by atoms with Gasteiger partial charge in [0.15, 0.2) is 11.6 Å². The standard InChI is InChI=1S/C12H13N5O/c1-17-15-12(14-16-17)5-11(18)8-2-3-9-6-13-7-10(9)4-8/h2-4,13H,5-7H2,1H3. The summed E-state index contributed by atoms with van der Waals surface area (Å²) in [5.74, 6) is 0.485. The molecular weight excluding hydrogens is 230 g/mol. The first-order valence-electron chi connectivity index (χ1n) is 5.81. The maximum absolute atomic E-state index is 12.1. The van der Waals surface area contributed by atoms with E-state index >= 15 is 0 Å². The van der Waals surface area contributed by atoms with Gasteiger partial charge in [0.2, 0.25) is 0 Å². The van der Waals surface area contributed by atoms with E-state index in [0.29, 0.717) is 11.4 Å². The van der Waals surface area contributed by atoms with Crippen molar-refractivity contribution in [3.8, 4) is 0 Å². The Labute approximate surface area is 104 Å². The molecule has 0 fully saturated rings. The summed E-state index contributed by atoms with van der Waals surface area (Å²) in [5, 5.41) is 14.8. The summed E-state index contributed by atoms with van der Waals surface area (Å²) in [6.07, 6.45) is 0.194. The lowest BCUT2D eigenvalue weighted by Gasteiger charge is -2.02. The third-order valence-electron chi connectivity index (χ3n) is 3.03. The number of aryl methyl sites for hydroxylation is 1. The summed E-state index contributed by atoms with van der Waals surface area (Å²) >= 11 is 0. The molecule has 0 unspecified atom stereocenters. The van der Waals surface area contributed by atoms with E-state index in [-0.39, 0.29) is 12.2 Å². The van der Waals surface area contributed by atoms with Crippen LogP contribution in [0.2, 0.25) is 0 Å². The Morgan fingerprint density at radius 2 is 2.22 bits per heavy atom. The molecule has 3 rings (SSSR count). The molecule has 0 atom stereocenters. The zero-order valence-corrected chi connectivity index (χ0v) is 10.1. The first-order chi connectivity index (χ1) is 8.72. The second-order valence-corrected chi connectivity index (χ2v) is 4.38. The van der Waals surface area contributed by atoms with Crippen LogP contribution in [0.3, 0.4) is 0 Å². The van der Waals surface area contributed by atoms with Gasteiger partial charge in [-0.2, -0.15) is 4.80 Å². The third kappa shape index (κ3) is 2.02. The second-order valence-electron chi connectivity index (χ2n) is 4.38. The van der Waals surface area contributed by atoms with Crippen molar-refractivity contribution in [1.29, 1.82) is 0 Å². The predicted octanol–water partition coefficient (Wildman–Crippen LogP) is 0.239. The van der Waals surface area contributed by atoms with Crippen LogP contribution in [0, 0.1) is 0 Å². The predicted molar refractivity (Wildman–Crippen MR) is 63.8 cm³/mol. The number of benzene rings is 1. The SMILES string of the molecule is Cn1nnc(CC(=O)c2ccc3c(c2)CNC3)n1. The van der Waals surface area contributed by atoms with Crippen molar-refractivity contribution in [2.75, 3.05) is 0 Å². The van der Waals surface area contributed by atoms with Crippen molar-refractivity contribution >= 4 is 5.78 Å². The summed E-state index contributed by atoms with van der Waals surface area (Å²) < 4.78 is 0. The largest absolute Gasteiger partial charge is 0.309 e. The molecule has 92 valence electrons. The Hall–Kier alpha value is -2.08. The number of aromatic nitrogens is 4. The Bertz CT molecular complexity index is 604. The van der Waals surface area contributed by atoms with E-state index in [2.05, 4.69) is 20.7 Å². The normalized spacial score (nSPS) is 13.6. The summed E-state index contributed by atoms with van der Waals surface area (Å²) in [6, 6.07) is 5.82. The molecule has 0 saturated carbocycles. The van der Waals surface area contributed by atoms with Crippen molar-refractivity contribution in [2.24, 2.45) is 7.05 Å². The molecule has 0 amide bonds. The zero-order valence-electron chi connectivity index (χ0n) is 10.1. The number of hydrogen-bond donors (Lipinski definition) is 1. The van der Waals surface area contributed by atoms with Gasteiger partial charge in [0.1, 0.15) is 0 Å². The number of ketones is 1. The molecule has 18 heavy (non-hydrogen) atoms. The zero-order chi connectivity index (χ0) is 12.5. The van der Waals surface area contributed by atoms with Crippen LogP contribution < -0.4 is 5.32 Å². The smallest absolute Gasteiger partial charge is 0.182 e. The van der Waals surface area contributed by atoms with E-state index in [4.69, 9.17) is 0 Å². The van der Waals surface area contributed by atoms with E-state index in [1.807, 2.05) is 18.2 Å². The number of fused-ring (bicyclic) bond motifs is 1. The van der Waals surface area contributed by atoms with Crippen LogP contribution in [-0.2, 0) is 26.6 Å². The van der Waals surface area contributed by atoms with Crippen molar-refractivity contribution in [2.45, 2.75) is 19.5 Å². The molecule has 0 aliphatic carbocycles. The minimum Gasteiger partial charge on any atom is -0.309 e. The first-order valence-corrected chi connectivity index (χ1v) is 5.81. The topological polar surface area (TPSA) is 72.7 Å². The summed E-state index contributed by atoms with van der Waals surface area (Å²) in [6.45, 7) is 1.72. The lowest BCUT2D eigenvalue weighted by atomic mass is 10.0. The van der Waals surface area contributed by atoms with Crippen molar-refractivity contribution in [1.82, 2.24) is 25.5 Å². The minimum absolute atomic E-state index is 0.0256. The van der Waals surface area contributed by atoms with E-state index < -0.39 is 0 Å². The average molecular weight is 243 g/mol. The van der Waals surface area contributed by atoms with Gasteiger partial charge in [-0.1, -0.05) is 12.1 Å². The molecule has 0 radical (unpaired) electrons. The quantitative estimate of drug-likeness (QED) is 0.782. The molecule has 0 spiro atoms. The molecule has 1 N–H and O–H groups in total. The lowest BCUT2D eigenvalue weighted by Crippen LogP contribution is -2.06. The Kier molecular flexibility index (Phi) is 2.64. The molecule has 1 aromatic carbocycles. The molecule has 0 saturated heterocycles. The monoisotopic (exact) mass is 243 g/mol. The number of nitrogens with one attached hydrogen (secondary N) is 1. The van der Waals surface area contributed by atoms with Gasteiger partial charge in [0, 0.05) is 18.7 Å². The molecule has 6 nitrogen and oxygen atoms in total. The van der Waals surface area contributed by atoms with Gasteiger partial charge in [-0.15, -0.1) is 10.2 Å². The molecule has 2 aromatic rings. The number of carbonyl (C=O) groups is 1. The van der Waals surface area contributed by atoms with Crippen molar-refractivity contribution in [3.05, 3.63) is 40.7 Å². The number of Topliss-reactive ketones (excluding diaryl/α,β-unsaturated/α-hetero) is 1. The van der Waals surface area contributed by atoms with Crippen LogP contribution in [0.4, 0.5) is 0 Å². The van der Waals surface area contributed by atoms with Gasteiger partial charge in [-0.3, -0.25) is 4.79 Å². The van der Waals surface area contributed by atoms with Gasteiger partial charge in [0.05, 0.1) is 13.5 Å². The van der Waals surface area contributed by atoms with Gasteiger partial charge in [-0.25, -0.2) is 0 Å². The molecule has 0 bridgehead atoms. The summed E-state index contributed by atoms with van der Waals surface area (Å²) in [5.41, 5.74) is 3.18. The summed E-state index contributed by atoms with van der Waals surface area (Å²) in [4.78, 5) is 13.4. The fourth-order valence-electron chi connectivity index (χ4n) is 2.11. The molecule has 1 aromatic heterocycles. The van der Waals surface area contributed by atoms with Gasteiger partial charge in [0.25, 0.3) is 0 Å². The first kappa shape index (κ1) is 11.0. The maximum atomic E-state index is 12.1. The third-order valence-corrected chi connectivity index (χ3v) is 3.03. The van der Waals surface area contributed by atoms with Crippen LogP contribution in [0.15, 0.2) is 18.2 Å². The molecule has 1 aliphatic heterocycles. The Morgan fingerprint density at radius 1 is 1.39 bits per heavy atom. The lowest BCUT2D eigenvalue weighted by molar-refractivity contribution is 0.0990. The highest BCUT2D eigenvalue weighted by molar-refractivity contribution is 5.97. The molecule has 2 heterocycles. The average Bonchev–Trinajstić information content (AvgIpc) is 2.96. The van der Waals surface area contributed by atoms with Crippen LogP contribution in [0.5, 0.6) is 0 Å². The Balaban J connectivity index is 1.80. The van der Waals surface area contributed by atoms with Crippen LogP contribution >= 0.6 is 0 Å². The highest BCUT2D eigenvalue weighted by atomic mass is 16.1. The molecular formula is C12H13N5O. The highest BCUT2D eigenvalue weighted by Gasteiger charge is 2.15. The van der Waals surface area contributed by atoms with Crippen LogP contribution in [0.1, 0.15) is 27.3 Å². The van der Waals surface area contributed by atoms with E-state index in [1.54, 1.807) is 7.05 Å². The summed E-state index contributed by atoms with van der Waals surface area (Å²) in [7, 11) is 1.68. The van der Waals surface area contributed by atoms with Crippen LogP contribution in [-0.4, -0.2) is 26.0 Å². The number of rotatable bonds is 3. The number of nitrogens with zero attached hydrogens (tertiary/aromatic N) is 4. The van der Waals surface area contributed by atoms with Crippen molar-refractivity contribution < 1.29 is 4.79 Å². The van der Waals surface area contributed by atoms with Crippen molar-refractivity contribution in [3.63, 3.8) is 0 Å². The maximum Gasteiger partial charge on any atom is 0.182 e. The van der Waals surface area contributed by atoms with E-state index in [9.17, 15) is 4.79 Å². The van der Waals surface area contributed by atoms with Gasteiger partial charge >= 0.3 is 0 Å². The molecule has 6 heteroatoms. The number of hydrogen-bond acceptors (Lipinski definition) is 5. The van der Waals surface area contributed by atoms with Crippen LogP contribution in [0.25, 0.3) is 0 Å². The Morgan fingerprint density at radius 3 is 3.00 bits per heavy atom. The van der Waals surface area contributed by atoms with Gasteiger partial charge in [-0.05, 0) is 22.4 Å².